The van der Waals surface area contributed by atoms with Gasteiger partial charge < -0.3 is 25.4 Å². The van der Waals surface area contributed by atoms with Gasteiger partial charge in [-0.3, -0.25) is 9.59 Å². The molecule has 3 N–H and O–H groups in total. The first-order chi connectivity index (χ1) is 16.6. The van der Waals surface area contributed by atoms with E-state index in [-0.39, 0.29) is 18.5 Å². The lowest BCUT2D eigenvalue weighted by Gasteiger charge is -2.35. The second-order valence-corrected chi connectivity index (χ2v) is 9.89. The van der Waals surface area contributed by atoms with E-state index in [2.05, 4.69) is 16.6 Å². The van der Waals surface area contributed by atoms with Crippen LogP contribution in [0.5, 0.6) is 0 Å². The van der Waals surface area contributed by atoms with E-state index < -0.39 is 36.3 Å². The van der Waals surface area contributed by atoms with Gasteiger partial charge in [0.05, 0.1) is 6.61 Å². The quantitative estimate of drug-likeness (QED) is 0.465. The van der Waals surface area contributed by atoms with Crippen molar-refractivity contribution in [3.8, 4) is 12.3 Å². The molecular weight excluding hydrogens is 446 g/mol. The molecule has 0 aromatic heterocycles. The standard InChI is InChI=1S/C27H39N3O5/c1-6-17-30(25(33)22(18-31)29-26(34)35-27(3,4)5)23(21-16-12-11-13-19(21)7-2)24(32)28-20-14-9-8-10-15-20/h2,11-13,16,20,22-23,31H,6,8-10,14-15,17-18H2,1,3-5H3,(H,28,32)(H,29,34). The zero-order valence-electron chi connectivity index (χ0n) is 21.3. The topological polar surface area (TPSA) is 108 Å². The summed E-state index contributed by atoms with van der Waals surface area (Å²) in [6.07, 6.45) is 10.5. The Hall–Kier alpha value is -3.05. The lowest BCUT2D eigenvalue weighted by molar-refractivity contribution is -0.143. The van der Waals surface area contributed by atoms with Crippen molar-refractivity contribution in [1.29, 1.82) is 0 Å². The molecule has 8 nitrogen and oxygen atoms in total. The number of hydrogen-bond acceptors (Lipinski definition) is 5. The summed E-state index contributed by atoms with van der Waals surface area (Å²) in [5, 5.41) is 15.5. The summed E-state index contributed by atoms with van der Waals surface area (Å²) in [5.74, 6) is 1.70. The molecule has 1 aliphatic carbocycles. The fourth-order valence-electron chi connectivity index (χ4n) is 4.29. The molecule has 0 saturated heterocycles. The summed E-state index contributed by atoms with van der Waals surface area (Å²) in [7, 11) is 0. The number of ether oxygens (including phenoxy) is 1. The zero-order valence-corrected chi connectivity index (χ0v) is 21.3. The number of nitrogens with one attached hydrogen (secondary N) is 2. The molecule has 0 spiro atoms. The molecule has 8 heteroatoms. The molecule has 1 fully saturated rings. The average molecular weight is 486 g/mol. The largest absolute Gasteiger partial charge is 0.444 e. The molecule has 0 heterocycles. The van der Waals surface area contributed by atoms with Crippen LogP contribution in [0.4, 0.5) is 4.79 Å². The highest BCUT2D eigenvalue weighted by molar-refractivity contribution is 5.92. The molecule has 2 unspecified atom stereocenters. The molecule has 3 amide bonds. The van der Waals surface area contributed by atoms with Crippen LogP contribution < -0.4 is 10.6 Å². The van der Waals surface area contributed by atoms with Crippen molar-refractivity contribution in [3.63, 3.8) is 0 Å². The van der Waals surface area contributed by atoms with Crippen molar-refractivity contribution < 1.29 is 24.2 Å². The highest BCUT2D eigenvalue weighted by Crippen LogP contribution is 2.27. The third kappa shape index (κ3) is 8.29. The first-order valence-electron chi connectivity index (χ1n) is 12.4. The first kappa shape index (κ1) is 28.2. The van der Waals surface area contributed by atoms with Crippen LogP contribution in [0.3, 0.4) is 0 Å². The summed E-state index contributed by atoms with van der Waals surface area (Å²) in [4.78, 5) is 41.0. The maximum atomic E-state index is 13.7. The summed E-state index contributed by atoms with van der Waals surface area (Å²) in [6, 6.07) is 4.77. The van der Waals surface area contributed by atoms with Gasteiger partial charge in [-0.2, -0.15) is 0 Å². The van der Waals surface area contributed by atoms with Crippen molar-refractivity contribution in [2.45, 2.75) is 89.9 Å². The Balaban J connectivity index is 2.41. The fourth-order valence-corrected chi connectivity index (χ4v) is 4.29. The lowest BCUT2D eigenvalue weighted by Crippen LogP contribution is -2.55. The number of nitrogens with zero attached hydrogens (tertiary/aromatic N) is 1. The van der Waals surface area contributed by atoms with Crippen LogP contribution in [0.2, 0.25) is 0 Å². The van der Waals surface area contributed by atoms with Gasteiger partial charge in [-0.15, -0.1) is 6.42 Å². The predicted octanol–water partition coefficient (Wildman–Crippen LogP) is 3.28. The molecule has 1 aromatic carbocycles. The van der Waals surface area contributed by atoms with Crippen molar-refractivity contribution in [2.24, 2.45) is 0 Å². The Morgan fingerprint density at radius 3 is 2.43 bits per heavy atom. The zero-order chi connectivity index (χ0) is 26.0. The van der Waals surface area contributed by atoms with Gasteiger partial charge in [0.2, 0.25) is 11.8 Å². The number of rotatable bonds is 9. The van der Waals surface area contributed by atoms with Crippen molar-refractivity contribution in [1.82, 2.24) is 15.5 Å². The monoisotopic (exact) mass is 485 g/mol. The molecule has 35 heavy (non-hydrogen) atoms. The van der Waals surface area contributed by atoms with E-state index in [1.54, 1.807) is 45.0 Å². The molecule has 0 aliphatic heterocycles. The van der Waals surface area contributed by atoms with Crippen LogP contribution in [-0.2, 0) is 14.3 Å². The Morgan fingerprint density at radius 2 is 1.86 bits per heavy atom. The van der Waals surface area contributed by atoms with E-state index in [9.17, 15) is 19.5 Å². The van der Waals surface area contributed by atoms with Crippen LogP contribution in [-0.4, -0.2) is 58.8 Å². The van der Waals surface area contributed by atoms with Gasteiger partial charge >= 0.3 is 6.09 Å². The minimum absolute atomic E-state index is 0.0313. The normalized spacial score (nSPS) is 15.9. The fraction of sp³-hybridized carbons (Fsp3) is 0.593. The third-order valence-corrected chi connectivity index (χ3v) is 5.84. The number of aliphatic hydroxyl groups is 1. The van der Waals surface area contributed by atoms with E-state index in [1.165, 1.54) is 4.90 Å². The number of carbonyl (C=O) groups is 3. The number of terminal acetylenes is 1. The van der Waals surface area contributed by atoms with Gasteiger partial charge in [0, 0.05) is 18.2 Å². The van der Waals surface area contributed by atoms with Crippen LogP contribution in [0, 0.1) is 12.3 Å². The SMILES string of the molecule is C#Cc1ccccc1C(C(=O)NC1CCCCC1)N(CCC)C(=O)C(CO)NC(=O)OC(C)(C)C. The van der Waals surface area contributed by atoms with E-state index in [0.717, 1.165) is 32.1 Å². The number of aliphatic hydroxyl groups excluding tert-OH is 1. The molecular formula is C27H39N3O5. The Kier molecular flexibility index (Phi) is 10.6. The molecule has 0 bridgehead atoms. The highest BCUT2D eigenvalue weighted by Gasteiger charge is 2.37. The summed E-state index contributed by atoms with van der Waals surface area (Å²) in [5.41, 5.74) is 0.259. The van der Waals surface area contributed by atoms with Gasteiger partial charge in [0.25, 0.3) is 0 Å². The second-order valence-electron chi connectivity index (χ2n) is 9.89. The number of hydrogen-bond donors (Lipinski definition) is 3. The van der Waals surface area contributed by atoms with Crippen LogP contribution in [0.15, 0.2) is 24.3 Å². The molecule has 1 aromatic rings. The van der Waals surface area contributed by atoms with Crippen LogP contribution in [0.25, 0.3) is 0 Å². The molecule has 2 rings (SSSR count). The Bertz CT molecular complexity index is 912. The summed E-state index contributed by atoms with van der Waals surface area (Å²) >= 11 is 0. The average Bonchev–Trinajstić information content (AvgIpc) is 2.81. The van der Waals surface area contributed by atoms with Gasteiger partial charge in [0.15, 0.2) is 0 Å². The van der Waals surface area contributed by atoms with Crippen LogP contribution in [0.1, 0.15) is 83.4 Å². The third-order valence-electron chi connectivity index (χ3n) is 5.84. The van der Waals surface area contributed by atoms with Crippen LogP contribution >= 0.6 is 0 Å². The number of benzene rings is 1. The maximum Gasteiger partial charge on any atom is 0.408 e. The molecule has 2 atom stereocenters. The van der Waals surface area contributed by atoms with E-state index in [1.807, 2.05) is 6.92 Å². The van der Waals surface area contributed by atoms with E-state index in [4.69, 9.17) is 11.2 Å². The molecule has 0 radical (unpaired) electrons. The van der Waals surface area contributed by atoms with Gasteiger partial charge in [-0.25, -0.2) is 4.79 Å². The molecule has 192 valence electrons. The van der Waals surface area contributed by atoms with E-state index >= 15 is 0 Å². The van der Waals surface area contributed by atoms with Crippen molar-refractivity contribution in [3.05, 3.63) is 35.4 Å². The lowest BCUT2D eigenvalue weighted by atomic mass is 9.93. The molecule has 1 saturated carbocycles. The molecule has 1 aliphatic rings. The highest BCUT2D eigenvalue weighted by atomic mass is 16.6. The number of amides is 3. The second kappa shape index (κ2) is 13.1. The Morgan fingerprint density at radius 1 is 1.20 bits per heavy atom. The smallest absolute Gasteiger partial charge is 0.408 e. The van der Waals surface area contributed by atoms with Crippen molar-refractivity contribution in [2.75, 3.05) is 13.2 Å². The van der Waals surface area contributed by atoms with Gasteiger partial charge in [-0.1, -0.05) is 50.3 Å². The number of carbonyl (C=O) groups excluding carboxylic acids is 3. The summed E-state index contributed by atoms with van der Waals surface area (Å²) < 4.78 is 5.25. The minimum atomic E-state index is -1.28. The van der Waals surface area contributed by atoms with Crippen molar-refractivity contribution >= 4 is 17.9 Å². The summed E-state index contributed by atoms with van der Waals surface area (Å²) in [6.45, 7) is 6.58. The predicted molar refractivity (Wildman–Crippen MR) is 134 cm³/mol. The van der Waals surface area contributed by atoms with Gasteiger partial charge in [0.1, 0.15) is 17.7 Å². The maximum absolute atomic E-state index is 13.7. The van der Waals surface area contributed by atoms with E-state index in [0.29, 0.717) is 17.5 Å². The van der Waals surface area contributed by atoms with Gasteiger partial charge in [-0.05, 0) is 51.7 Å². The first-order valence-corrected chi connectivity index (χ1v) is 12.4. The number of alkyl carbamates (subject to hydrolysis) is 1. The minimum Gasteiger partial charge on any atom is -0.444 e. The Labute approximate surface area is 208 Å².